The molecule has 1 unspecified atom stereocenters. The maximum Gasteiger partial charge on any atom is 0.232 e. The molecule has 6 nitrogen and oxygen atoms in total. The van der Waals surface area contributed by atoms with E-state index in [0.29, 0.717) is 11.7 Å². The van der Waals surface area contributed by atoms with Crippen LogP contribution < -0.4 is 5.73 Å². The first-order valence-corrected chi connectivity index (χ1v) is 6.54. The van der Waals surface area contributed by atoms with Crippen molar-refractivity contribution >= 4 is 0 Å². The van der Waals surface area contributed by atoms with E-state index in [9.17, 15) is 0 Å². The first-order chi connectivity index (χ1) is 8.91. The van der Waals surface area contributed by atoms with Gasteiger partial charge in [0.05, 0.1) is 12.2 Å². The smallest absolute Gasteiger partial charge is 0.232 e. The molecule has 6 heteroatoms. The molecule has 19 heavy (non-hydrogen) atoms. The number of nitrogens with zero attached hydrogens (tertiary/aromatic N) is 4. The molecule has 2 aromatic heterocycles. The average molecular weight is 263 g/mol. The second-order valence-corrected chi connectivity index (χ2v) is 5.72. The fraction of sp³-hybridized carbons (Fsp3) is 0.615. The summed E-state index contributed by atoms with van der Waals surface area (Å²) in [6.07, 6.45) is 4.72. The molecule has 2 aromatic rings. The first-order valence-electron chi connectivity index (χ1n) is 6.54. The molecule has 0 aliphatic rings. The van der Waals surface area contributed by atoms with Crippen molar-refractivity contribution in [1.82, 2.24) is 19.9 Å². The topological polar surface area (TPSA) is 82.8 Å². The van der Waals surface area contributed by atoms with Crippen molar-refractivity contribution in [2.75, 3.05) is 0 Å². The Morgan fingerprint density at radius 3 is 2.74 bits per heavy atom. The van der Waals surface area contributed by atoms with Gasteiger partial charge in [0.2, 0.25) is 5.89 Å². The Hall–Kier alpha value is -1.69. The normalized spacial score (nSPS) is 13.7. The van der Waals surface area contributed by atoms with Crippen molar-refractivity contribution < 1.29 is 4.52 Å². The highest BCUT2D eigenvalue weighted by molar-refractivity contribution is 5.18. The number of rotatable bonds is 4. The van der Waals surface area contributed by atoms with Crippen molar-refractivity contribution in [3.63, 3.8) is 0 Å². The van der Waals surface area contributed by atoms with Gasteiger partial charge in [-0.3, -0.25) is 4.68 Å². The summed E-state index contributed by atoms with van der Waals surface area (Å²) in [7, 11) is 0. The van der Waals surface area contributed by atoms with Gasteiger partial charge >= 0.3 is 0 Å². The Morgan fingerprint density at radius 2 is 2.16 bits per heavy atom. The van der Waals surface area contributed by atoms with Crippen LogP contribution in [0.2, 0.25) is 0 Å². The van der Waals surface area contributed by atoms with Crippen LogP contribution >= 0.6 is 0 Å². The fourth-order valence-corrected chi connectivity index (χ4v) is 1.71. The summed E-state index contributed by atoms with van der Waals surface area (Å²) in [6, 6.07) is -0.398. The van der Waals surface area contributed by atoms with Crippen molar-refractivity contribution in [1.29, 1.82) is 0 Å². The Kier molecular flexibility index (Phi) is 3.71. The monoisotopic (exact) mass is 263 g/mol. The maximum atomic E-state index is 6.14. The van der Waals surface area contributed by atoms with E-state index < -0.39 is 6.04 Å². The van der Waals surface area contributed by atoms with Crippen LogP contribution in [0.25, 0.3) is 0 Å². The zero-order chi connectivity index (χ0) is 14.0. The van der Waals surface area contributed by atoms with E-state index in [0.717, 1.165) is 18.5 Å². The molecule has 0 saturated heterocycles. The van der Waals surface area contributed by atoms with Gasteiger partial charge in [0, 0.05) is 23.7 Å². The van der Waals surface area contributed by atoms with Gasteiger partial charge in [-0.2, -0.15) is 10.1 Å². The SMILES string of the molecule is CCCn1cc(C(N)c2noc(C(C)(C)C)n2)cn1. The molecule has 0 bridgehead atoms. The van der Waals surface area contributed by atoms with Crippen LogP contribution in [0, 0.1) is 0 Å². The van der Waals surface area contributed by atoms with Gasteiger partial charge in [-0.05, 0) is 6.42 Å². The van der Waals surface area contributed by atoms with Gasteiger partial charge in [0.15, 0.2) is 5.82 Å². The molecule has 0 aromatic carbocycles. The number of aromatic nitrogens is 4. The standard InChI is InChI=1S/C13H21N5O/c1-5-6-18-8-9(7-15-18)10(14)11-16-12(19-17-11)13(2,3)4/h7-8,10H,5-6,14H2,1-4H3. The van der Waals surface area contributed by atoms with E-state index in [-0.39, 0.29) is 5.41 Å². The van der Waals surface area contributed by atoms with Gasteiger partial charge < -0.3 is 10.3 Å². The van der Waals surface area contributed by atoms with Crippen molar-refractivity contribution in [3.05, 3.63) is 29.7 Å². The Balaban J connectivity index is 2.18. The number of hydrogen-bond donors (Lipinski definition) is 1. The van der Waals surface area contributed by atoms with E-state index in [4.69, 9.17) is 10.3 Å². The average Bonchev–Trinajstić information content (AvgIpc) is 2.96. The summed E-state index contributed by atoms with van der Waals surface area (Å²) in [6.45, 7) is 9.06. The lowest BCUT2D eigenvalue weighted by Crippen LogP contribution is -2.15. The summed E-state index contributed by atoms with van der Waals surface area (Å²) < 4.78 is 7.13. The van der Waals surface area contributed by atoms with Crippen molar-refractivity contribution in [3.8, 4) is 0 Å². The quantitative estimate of drug-likeness (QED) is 0.912. The van der Waals surface area contributed by atoms with Gasteiger partial charge in [-0.1, -0.05) is 32.9 Å². The Bertz CT molecular complexity index is 537. The summed E-state index contributed by atoms with van der Waals surface area (Å²) >= 11 is 0. The van der Waals surface area contributed by atoms with E-state index in [1.807, 2.05) is 31.6 Å². The summed E-state index contributed by atoms with van der Waals surface area (Å²) in [5.41, 5.74) is 6.87. The largest absolute Gasteiger partial charge is 0.339 e. The van der Waals surface area contributed by atoms with Gasteiger partial charge in [-0.25, -0.2) is 0 Å². The third-order valence-electron chi connectivity index (χ3n) is 2.83. The van der Waals surface area contributed by atoms with Crippen molar-refractivity contribution in [2.24, 2.45) is 5.73 Å². The van der Waals surface area contributed by atoms with Crippen LogP contribution in [0.5, 0.6) is 0 Å². The van der Waals surface area contributed by atoms with Crippen LogP contribution in [-0.4, -0.2) is 19.9 Å². The molecule has 1 atom stereocenters. The highest BCUT2D eigenvalue weighted by Crippen LogP contribution is 2.23. The molecule has 2 heterocycles. The molecule has 2 rings (SSSR count). The third-order valence-corrected chi connectivity index (χ3v) is 2.83. The van der Waals surface area contributed by atoms with Crippen LogP contribution in [-0.2, 0) is 12.0 Å². The predicted molar refractivity (Wildman–Crippen MR) is 71.5 cm³/mol. The van der Waals surface area contributed by atoms with E-state index >= 15 is 0 Å². The van der Waals surface area contributed by atoms with Gasteiger partial charge in [0.1, 0.15) is 0 Å². The lowest BCUT2D eigenvalue weighted by Gasteiger charge is -2.10. The molecule has 0 aliphatic carbocycles. The molecule has 104 valence electrons. The van der Waals surface area contributed by atoms with Crippen LogP contribution in [0.1, 0.15) is 57.4 Å². The third kappa shape index (κ3) is 3.01. The minimum absolute atomic E-state index is 0.169. The maximum absolute atomic E-state index is 6.14. The second-order valence-electron chi connectivity index (χ2n) is 5.72. The Labute approximate surface area is 113 Å². The van der Waals surface area contributed by atoms with Crippen LogP contribution in [0.4, 0.5) is 0 Å². The zero-order valence-electron chi connectivity index (χ0n) is 11.9. The highest BCUT2D eigenvalue weighted by atomic mass is 16.5. The summed E-state index contributed by atoms with van der Waals surface area (Å²) in [5.74, 6) is 1.10. The fourth-order valence-electron chi connectivity index (χ4n) is 1.71. The zero-order valence-corrected chi connectivity index (χ0v) is 11.9. The van der Waals surface area contributed by atoms with Gasteiger partial charge in [-0.15, -0.1) is 0 Å². The highest BCUT2D eigenvalue weighted by Gasteiger charge is 2.24. The number of nitrogens with two attached hydrogens (primary N) is 1. The minimum atomic E-state index is -0.398. The molecular weight excluding hydrogens is 242 g/mol. The lowest BCUT2D eigenvalue weighted by atomic mass is 9.97. The van der Waals surface area contributed by atoms with Crippen molar-refractivity contribution in [2.45, 2.75) is 52.1 Å². The van der Waals surface area contributed by atoms with E-state index in [1.54, 1.807) is 6.20 Å². The molecule has 2 N–H and O–H groups in total. The molecule has 0 amide bonds. The van der Waals surface area contributed by atoms with E-state index in [1.165, 1.54) is 0 Å². The molecule has 0 spiro atoms. The Morgan fingerprint density at radius 1 is 1.42 bits per heavy atom. The van der Waals surface area contributed by atoms with Gasteiger partial charge in [0.25, 0.3) is 0 Å². The van der Waals surface area contributed by atoms with E-state index in [2.05, 4.69) is 22.2 Å². The van der Waals surface area contributed by atoms with Crippen LogP contribution in [0.15, 0.2) is 16.9 Å². The second kappa shape index (κ2) is 5.13. The molecule has 0 radical (unpaired) electrons. The number of hydrogen-bond acceptors (Lipinski definition) is 5. The minimum Gasteiger partial charge on any atom is -0.339 e. The predicted octanol–water partition coefficient (Wildman–Crippen LogP) is 2.02. The molecule has 0 fully saturated rings. The molecule has 0 aliphatic heterocycles. The number of aryl methyl sites for hydroxylation is 1. The summed E-state index contributed by atoms with van der Waals surface area (Å²) in [5, 5.41) is 8.22. The first kappa shape index (κ1) is 13.7. The molecular formula is C13H21N5O. The summed E-state index contributed by atoms with van der Waals surface area (Å²) in [4.78, 5) is 4.37. The van der Waals surface area contributed by atoms with Crippen LogP contribution in [0.3, 0.4) is 0 Å². The lowest BCUT2D eigenvalue weighted by molar-refractivity contribution is 0.317. The molecule has 0 saturated carbocycles.